The minimum Gasteiger partial charge on any atom is -0.286 e. The first-order valence-corrected chi connectivity index (χ1v) is 6.05. The lowest BCUT2D eigenvalue weighted by molar-refractivity contribution is 0.103. The topological polar surface area (TPSA) is 47.8 Å². The van der Waals surface area contributed by atoms with Crippen LogP contribution in [0.4, 0.5) is 4.39 Å². The van der Waals surface area contributed by atoms with Crippen LogP contribution in [0.15, 0.2) is 30.5 Å². The molecule has 1 aromatic carbocycles. The molecule has 0 N–H and O–H groups in total. The van der Waals surface area contributed by atoms with Crippen molar-refractivity contribution in [3.05, 3.63) is 46.9 Å². The Kier molecular flexibility index (Phi) is 2.45. The lowest BCUT2D eigenvalue weighted by atomic mass is 10.2. The van der Waals surface area contributed by atoms with Crippen molar-refractivity contribution < 1.29 is 9.18 Å². The van der Waals surface area contributed by atoms with Gasteiger partial charge >= 0.3 is 0 Å². The molecule has 0 aliphatic heterocycles. The van der Waals surface area contributed by atoms with Crippen molar-refractivity contribution in [3.63, 3.8) is 0 Å². The molecule has 2 heterocycles. The number of carbonyl (C=O) groups excluding carboxylic acids is 1. The number of rotatable bonds is 2. The summed E-state index contributed by atoms with van der Waals surface area (Å²) in [6.45, 7) is 0. The Morgan fingerprint density at radius 1 is 1.39 bits per heavy atom. The molecule has 0 unspecified atom stereocenters. The summed E-state index contributed by atoms with van der Waals surface area (Å²) in [5.41, 5.74) is 0.419. The van der Waals surface area contributed by atoms with Crippen molar-refractivity contribution in [1.82, 2.24) is 15.0 Å². The first-order chi connectivity index (χ1) is 8.65. The summed E-state index contributed by atoms with van der Waals surface area (Å²) < 4.78 is 15.3. The first-order valence-electron chi connectivity index (χ1n) is 5.23. The zero-order valence-corrected chi connectivity index (χ0v) is 10.2. The molecule has 18 heavy (non-hydrogen) atoms. The number of aromatic nitrogens is 3. The molecule has 3 aromatic rings. The first kappa shape index (κ1) is 11.0. The van der Waals surface area contributed by atoms with Crippen LogP contribution in [0.1, 0.15) is 15.4 Å². The molecule has 0 fully saturated rings. The lowest BCUT2D eigenvalue weighted by Crippen LogP contribution is -2.06. The maximum absolute atomic E-state index is 13.1. The number of carbonyl (C=O) groups is 1. The van der Waals surface area contributed by atoms with E-state index in [2.05, 4.69) is 10.3 Å². The fourth-order valence-electron chi connectivity index (χ4n) is 1.74. The molecule has 4 nitrogen and oxygen atoms in total. The Morgan fingerprint density at radius 2 is 2.22 bits per heavy atom. The molecule has 0 spiro atoms. The average molecular weight is 261 g/mol. The Labute approximate surface area is 106 Å². The molecule has 0 amide bonds. The summed E-state index contributed by atoms with van der Waals surface area (Å²) in [6, 6.07) is 6.24. The minimum absolute atomic E-state index is 0.149. The zero-order valence-electron chi connectivity index (χ0n) is 9.42. The van der Waals surface area contributed by atoms with Crippen molar-refractivity contribution in [1.29, 1.82) is 0 Å². The van der Waals surface area contributed by atoms with Crippen LogP contribution in [-0.2, 0) is 7.05 Å². The van der Waals surface area contributed by atoms with Crippen LogP contribution < -0.4 is 0 Å². The third-order valence-corrected chi connectivity index (χ3v) is 3.75. The molecule has 0 atom stereocenters. The maximum Gasteiger partial charge on any atom is 0.222 e. The van der Waals surface area contributed by atoms with Crippen LogP contribution in [0.25, 0.3) is 10.1 Å². The van der Waals surface area contributed by atoms with E-state index in [4.69, 9.17) is 0 Å². The minimum atomic E-state index is -0.300. The van der Waals surface area contributed by atoms with E-state index in [0.717, 1.165) is 10.1 Å². The average Bonchev–Trinajstić information content (AvgIpc) is 2.93. The molecule has 3 rings (SSSR count). The highest BCUT2D eigenvalue weighted by Crippen LogP contribution is 2.27. The number of ketones is 1. The summed E-state index contributed by atoms with van der Waals surface area (Å²) in [4.78, 5) is 12.8. The number of benzene rings is 1. The summed E-state index contributed by atoms with van der Waals surface area (Å²) >= 11 is 1.27. The van der Waals surface area contributed by atoms with Crippen molar-refractivity contribution in [2.75, 3.05) is 0 Å². The molecular weight excluding hydrogens is 253 g/mol. The van der Waals surface area contributed by atoms with Gasteiger partial charge in [-0.2, -0.15) is 0 Å². The van der Waals surface area contributed by atoms with Crippen LogP contribution in [0.3, 0.4) is 0 Å². The molecule has 90 valence electrons. The van der Waals surface area contributed by atoms with Gasteiger partial charge in [0.25, 0.3) is 0 Å². The van der Waals surface area contributed by atoms with Gasteiger partial charge in [-0.3, -0.25) is 4.79 Å². The van der Waals surface area contributed by atoms with Gasteiger partial charge in [0.2, 0.25) is 5.78 Å². The van der Waals surface area contributed by atoms with E-state index >= 15 is 0 Å². The van der Waals surface area contributed by atoms with Crippen LogP contribution in [-0.4, -0.2) is 20.8 Å². The number of nitrogens with zero attached hydrogens (tertiary/aromatic N) is 3. The highest BCUT2D eigenvalue weighted by molar-refractivity contribution is 7.21. The Balaban J connectivity index is 2.10. The standard InChI is InChI=1S/C12H8FN3OS/c1-16-9(6-14-15-16)12(17)11-4-7-2-3-8(13)5-10(7)18-11/h2-6H,1H3. The van der Waals surface area contributed by atoms with Gasteiger partial charge in [0.1, 0.15) is 11.5 Å². The Morgan fingerprint density at radius 3 is 2.94 bits per heavy atom. The van der Waals surface area contributed by atoms with Crippen molar-refractivity contribution >= 4 is 27.2 Å². The van der Waals surface area contributed by atoms with E-state index in [-0.39, 0.29) is 11.6 Å². The van der Waals surface area contributed by atoms with Crippen LogP contribution in [0.2, 0.25) is 0 Å². The number of thiophene rings is 1. The van der Waals surface area contributed by atoms with E-state index in [1.54, 1.807) is 19.2 Å². The van der Waals surface area contributed by atoms with E-state index in [1.807, 2.05) is 0 Å². The van der Waals surface area contributed by atoms with Gasteiger partial charge in [0, 0.05) is 11.7 Å². The Hall–Kier alpha value is -2.08. The summed E-state index contributed by atoms with van der Waals surface area (Å²) in [5, 5.41) is 8.26. The number of hydrogen-bond acceptors (Lipinski definition) is 4. The molecule has 2 aromatic heterocycles. The van der Waals surface area contributed by atoms with Gasteiger partial charge < -0.3 is 0 Å². The number of halogens is 1. The monoisotopic (exact) mass is 261 g/mol. The lowest BCUT2D eigenvalue weighted by Gasteiger charge is -1.95. The smallest absolute Gasteiger partial charge is 0.222 e. The third-order valence-electron chi connectivity index (χ3n) is 2.65. The number of fused-ring (bicyclic) bond motifs is 1. The molecule has 0 saturated heterocycles. The van der Waals surface area contributed by atoms with Crippen molar-refractivity contribution in [3.8, 4) is 0 Å². The number of aryl methyl sites for hydroxylation is 1. The third kappa shape index (κ3) is 1.70. The van der Waals surface area contributed by atoms with E-state index < -0.39 is 0 Å². The maximum atomic E-state index is 13.1. The van der Waals surface area contributed by atoms with E-state index in [9.17, 15) is 9.18 Å². The highest BCUT2D eigenvalue weighted by Gasteiger charge is 2.16. The summed E-state index contributed by atoms with van der Waals surface area (Å²) in [5.74, 6) is -0.449. The van der Waals surface area contributed by atoms with E-state index in [1.165, 1.54) is 34.3 Å². The fraction of sp³-hybridized carbons (Fsp3) is 0.0833. The second kappa shape index (κ2) is 3.99. The van der Waals surface area contributed by atoms with Gasteiger partial charge in [-0.1, -0.05) is 11.3 Å². The summed E-state index contributed by atoms with van der Waals surface area (Å²) in [6.07, 6.45) is 1.42. The fourth-order valence-corrected chi connectivity index (χ4v) is 2.77. The van der Waals surface area contributed by atoms with Gasteiger partial charge in [-0.15, -0.1) is 16.4 Å². The van der Waals surface area contributed by atoms with Gasteiger partial charge in [-0.25, -0.2) is 9.07 Å². The predicted octanol–water partition coefficient (Wildman–Crippen LogP) is 2.40. The number of hydrogen-bond donors (Lipinski definition) is 0. The molecular formula is C12H8FN3OS. The normalized spacial score (nSPS) is 11.0. The summed E-state index contributed by atoms with van der Waals surface area (Å²) in [7, 11) is 1.66. The van der Waals surface area contributed by atoms with Crippen molar-refractivity contribution in [2.45, 2.75) is 0 Å². The van der Waals surface area contributed by atoms with E-state index in [0.29, 0.717) is 10.6 Å². The van der Waals surface area contributed by atoms with Gasteiger partial charge in [0.15, 0.2) is 0 Å². The molecule has 0 aliphatic carbocycles. The molecule has 6 heteroatoms. The van der Waals surface area contributed by atoms with Crippen molar-refractivity contribution in [2.24, 2.45) is 7.05 Å². The van der Waals surface area contributed by atoms with Gasteiger partial charge in [-0.05, 0) is 23.6 Å². The molecule has 0 aliphatic rings. The predicted molar refractivity (Wildman–Crippen MR) is 66.2 cm³/mol. The van der Waals surface area contributed by atoms with Crippen LogP contribution in [0.5, 0.6) is 0 Å². The molecule has 0 bridgehead atoms. The second-order valence-electron chi connectivity index (χ2n) is 3.86. The Bertz CT molecular complexity index is 747. The zero-order chi connectivity index (χ0) is 12.7. The molecule has 0 radical (unpaired) electrons. The van der Waals surface area contributed by atoms with Crippen LogP contribution in [0, 0.1) is 5.82 Å². The molecule has 0 saturated carbocycles. The van der Waals surface area contributed by atoms with Gasteiger partial charge in [0.05, 0.1) is 11.1 Å². The quantitative estimate of drug-likeness (QED) is 0.665. The SMILES string of the molecule is Cn1nncc1C(=O)c1cc2ccc(F)cc2s1. The van der Waals surface area contributed by atoms with Crippen LogP contribution >= 0.6 is 11.3 Å². The second-order valence-corrected chi connectivity index (χ2v) is 4.95. The largest absolute Gasteiger partial charge is 0.286 e. The highest BCUT2D eigenvalue weighted by atomic mass is 32.1.